The molecule has 1 aromatic carbocycles. The van der Waals surface area contributed by atoms with E-state index in [1.807, 2.05) is 23.9 Å². The molecule has 0 spiro atoms. The fourth-order valence-electron chi connectivity index (χ4n) is 2.48. The third-order valence-corrected chi connectivity index (χ3v) is 4.63. The van der Waals surface area contributed by atoms with Crippen molar-refractivity contribution < 1.29 is 4.39 Å². The molecule has 0 amide bonds. The zero-order valence-corrected chi connectivity index (χ0v) is 13.6. The lowest BCUT2D eigenvalue weighted by Crippen LogP contribution is -2.41. The molecule has 0 bridgehead atoms. The van der Waals surface area contributed by atoms with E-state index in [0.29, 0.717) is 0 Å². The molecular weight excluding hydrogens is 285 g/mol. The molecule has 0 heterocycles. The third-order valence-electron chi connectivity index (χ3n) is 3.93. The first-order valence-corrected chi connectivity index (χ1v) is 8.80. The number of rotatable bonds is 7. The molecule has 0 radical (unpaired) electrons. The molecule has 1 aliphatic rings. The van der Waals surface area contributed by atoms with Gasteiger partial charge in [-0.3, -0.25) is 4.99 Å². The fourth-order valence-corrected chi connectivity index (χ4v) is 2.91. The van der Waals surface area contributed by atoms with E-state index >= 15 is 0 Å². The Morgan fingerprint density at radius 2 is 2.10 bits per heavy atom. The van der Waals surface area contributed by atoms with Crippen LogP contribution < -0.4 is 10.6 Å². The van der Waals surface area contributed by atoms with Gasteiger partial charge in [0, 0.05) is 25.6 Å². The van der Waals surface area contributed by atoms with Gasteiger partial charge in [-0.2, -0.15) is 11.8 Å². The zero-order chi connectivity index (χ0) is 15.1. The van der Waals surface area contributed by atoms with Gasteiger partial charge < -0.3 is 10.6 Å². The number of hydrogen-bond acceptors (Lipinski definition) is 2. The average Bonchev–Trinajstić information content (AvgIpc) is 3.28. The number of thioether (sulfide) groups is 1. The molecule has 0 unspecified atom stereocenters. The highest BCUT2D eigenvalue weighted by Gasteiger charge is 2.45. The van der Waals surface area contributed by atoms with Gasteiger partial charge in [0.25, 0.3) is 0 Å². The Labute approximate surface area is 130 Å². The summed E-state index contributed by atoms with van der Waals surface area (Å²) in [7, 11) is 1.77. The van der Waals surface area contributed by atoms with Crippen molar-refractivity contribution in [1.82, 2.24) is 10.6 Å². The quantitative estimate of drug-likeness (QED) is 0.462. The highest BCUT2D eigenvalue weighted by atomic mass is 32.2. The van der Waals surface area contributed by atoms with Crippen LogP contribution in [0.15, 0.2) is 29.3 Å². The van der Waals surface area contributed by atoms with Crippen molar-refractivity contribution in [1.29, 1.82) is 0 Å². The highest BCUT2D eigenvalue weighted by molar-refractivity contribution is 7.98. The van der Waals surface area contributed by atoms with Crippen LogP contribution in [0, 0.1) is 5.82 Å². The Morgan fingerprint density at radius 1 is 1.33 bits per heavy atom. The Morgan fingerprint density at radius 3 is 2.71 bits per heavy atom. The minimum atomic E-state index is -0.0975. The fraction of sp³-hybridized carbons (Fsp3) is 0.562. The van der Waals surface area contributed by atoms with Gasteiger partial charge >= 0.3 is 0 Å². The summed E-state index contributed by atoms with van der Waals surface area (Å²) in [5.41, 5.74) is 0.776. The van der Waals surface area contributed by atoms with E-state index in [-0.39, 0.29) is 11.2 Å². The summed E-state index contributed by atoms with van der Waals surface area (Å²) >= 11 is 1.85. The van der Waals surface area contributed by atoms with E-state index < -0.39 is 0 Å². The van der Waals surface area contributed by atoms with Gasteiger partial charge in [0.1, 0.15) is 5.82 Å². The molecule has 116 valence electrons. The highest BCUT2D eigenvalue weighted by Crippen LogP contribution is 2.48. The SMILES string of the molecule is CN=C(NCCCSC)NCC1(c2ccccc2F)CC1. The van der Waals surface area contributed by atoms with Crippen molar-refractivity contribution in [2.24, 2.45) is 4.99 Å². The van der Waals surface area contributed by atoms with Crippen LogP contribution in [0.4, 0.5) is 4.39 Å². The first-order valence-electron chi connectivity index (χ1n) is 7.40. The predicted molar refractivity (Wildman–Crippen MR) is 89.7 cm³/mol. The summed E-state index contributed by atoms with van der Waals surface area (Å²) in [6, 6.07) is 7.10. The van der Waals surface area contributed by atoms with Crippen molar-refractivity contribution in [3.8, 4) is 0 Å². The molecule has 2 rings (SSSR count). The predicted octanol–water partition coefficient (Wildman–Crippen LogP) is 2.78. The van der Waals surface area contributed by atoms with Crippen LogP contribution in [0.1, 0.15) is 24.8 Å². The molecule has 1 saturated carbocycles. The van der Waals surface area contributed by atoms with E-state index in [4.69, 9.17) is 0 Å². The molecule has 0 aromatic heterocycles. The largest absolute Gasteiger partial charge is 0.356 e. The monoisotopic (exact) mass is 309 g/mol. The van der Waals surface area contributed by atoms with E-state index in [2.05, 4.69) is 21.9 Å². The number of nitrogens with one attached hydrogen (secondary N) is 2. The zero-order valence-electron chi connectivity index (χ0n) is 12.8. The number of hydrogen-bond donors (Lipinski definition) is 2. The van der Waals surface area contributed by atoms with E-state index in [1.54, 1.807) is 19.2 Å². The third kappa shape index (κ3) is 4.37. The van der Waals surface area contributed by atoms with Gasteiger partial charge in [0.15, 0.2) is 5.96 Å². The van der Waals surface area contributed by atoms with Crippen molar-refractivity contribution >= 4 is 17.7 Å². The molecular formula is C16H24FN3S. The van der Waals surface area contributed by atoms with Crippen LogP contribution in [0.5, 0.6) is 0 Å². The molecule has 1 aromatic rings. The van der Waals surface area contributed by atoms with Crippen LogP contribution in [0.25, 0.3) is 0 Å². The normalized spacial score (nSPS) is 16.6. The summed E-state index contributed by atoms with van der Waals surface area (Å²) < 4.78 is 13.9. The van der Waals surface area contributed by atoms with Gasteiger partial charge in [-0.25, -0.2) is 4.39 Å². The number of halogens is 1. The summed E-state index contributed by atoms with van der Waals surface area (Å²) in [5, 5.41) is 6.64. The lowest BCUT2D eigenvalue weighted by atomic mass is 9.95. The maximum absolute atomic E-state index is 13.9. The second-order valence-electron chi connectivity index (χ2n) is 5.46. The molecule has 0 atom stereocenters. The summed E-state index contributed by atoms with van der Waals surface area (Å²) in [6.07, 6.45) is 5.29. The topological polar surface area (TPSA) is 36.4 Å². The maximum atomic E-state index is 13.9. The first kappa shape index (κ1) is 16.1. The molecule has 0 saturated heterocycles. The molecule has 2 N–H and O–H groups in total. The van der Waals surface area contributed by atoms with Crippen molar-refractivity contribution in [2.75, 3.05) is 32.1 Å². The molecule has 1 fully saturated rings. The van der Waals surface area contributed by atoms with Crippen LogP contribution >= 0.6 is 11.8 Å². The summed E-state index contributed by atoms with van der Waals surface area (Å²) in [6.45, 7) is 1.64. The summed E-state index contributed by atoms with van der Waals surface area (Å²) in [5.74, 6) is 1.85. The Kier molecular flexibility index (Phi) is 5.91. The van der Waals surface area contributed by atoms with Crippen LogP contribution in [0.2, 0.25) is 0 Å². The molecule has 0 aliphatic heterocycles. The molecule has 1 aliphatic carbocycles. The van der Waals surface area contributed by atoms with Gasteiger partial charge in [-0.15, -0.1) is 0 Å². The molecule has 21 heavy (non-hydrogen) atoms. The Hall–Kier alpha value is -1.23. The minimum Gasteiger partial charge on any atom is -0.356 e. The van der Waals surface area contributed by atoms with E-state index in [9.17, 15) is 4.39 Å². The second-order valence-corrected chi connectivity index (χ2v) is 6.44. The minimum absolute atomic E-state index is 0.0533. The second kappa shape index (κ2) is 7.69. The van der Waals surface area contributed by atoms with Gasteiger partial charge in [-0.05, 0) is 42.9 Å². The van der Waals surface area contributed by atoms with Crippen LogP contribution in [-0.2, 0) is 5.41 Å². The standard InChI is InChI=1S/C16H24FN3S/c1-18-15(19-10-5-11-21-2)20-12-16(8-9-16)13-6-3-4-7-14(13)17/h3-4,6-7H,5,8-12H2,1-2H3,(H2,18,19,20). The van der Waals surface area contributed by atoms with E-state index in [1.165, 1.54) is 0 Å². The first-order chi connectivity index (χ1) is 10.2. The number of aliphatic imine (C=N–C) groups is 1. The Balaban J connectivity index is 1.85. The lowest BCUT2D eigenvalue weighted by Gasteiger charge is -2.19. The van der Waals surface area contributed by atoms with Crippen LogP contribution in [0.3, 0.4) is 0 Å². The van der Waals surface area contributed by atoms with Crippen LogP contribution in [-0.4, -0.2) is 38.1 Å². The maximum Gasteiger partial charge on any atom is 0.191 e. The summed E-state index contributed by atoms with van der Waals surface area (Å²) in [4.78, 5) is 4.23. The van der Waals surface area contributed by atoms with E-state index in [0.717, 1.165) is 49.6 Å². The Bertz CT molecular complexity index is 486. The smallest absolute Gasteiger partial charge is 0.191 e. The molecule has 5 heteroatoms. The average molecular weight is 309 g/mol. The van der Waals surface area contributed by atoms with Gasteiger partial charge in [-0.1, -0.05) is 18.2 Å². The van der Waals surface area contributed by atoms with Crippen molar-refractivity contribution in [2.45, 2.75) is 24.7 Å². The number of guanidine groups is 1. The number of benzene rings is 1. The van der Waals surface area contributed by atoms with Crippen molar-refractivity contribution in [3.05, 3.63) is 35.6 Å². The van der Waals surface area contributed by atoms with Gasteiger partial charge in [0.05, 0.1) is 0 Å². The number of nitrogens with zero attached hydrogens (tertiary/aromatic N) is 1. The van der Waals surface area contributed by atoms with Crippen molar-refractivity contribution in [3.63, 3.8) is 0 Å². The van der Waals surface area contributed by atoms with Gasteiger partial charge in [0.2, 0.25) is 0 Å². The lowest BCUT2D eigenvalue weighted by molar-refractivity contribution is 0.559. The molecule has 3 nitrogen and oxygen atoms in total.